The van der Waals surface area contributed by atoms with Crippen LogP contribution in [0.5, 0.6) is 0 Å². The topological polar surface area (TPSA) is 55.9 Å². The van der Waals surface area contributed by atoms with Crippen LogP contribution >= 0.6 is 0 Å². The summed E-state index contributed by atoms with van der Waals surface area (Å²) in [6.45, 7) is 4.32. The Kier molecular flexibility index (Phi) is 5.37. The number of hydrogen-bond donors (Lipinski definition) is 1. The van der Waals surface area contributed by atoms with Crippen molar-refractivity contribution >= 4 is 11.8 Å². The van der Waals surface area contributed by atoms with Gasteiger partial charge in [-0.15, -0.1) is 0 Å². The van der Waals surface area contributed by atoms with Crippen LogP contribution in [0, 0.1) is 0 Å². The van der Waals surface area contributed by atoms with Crippen molar-refractivity contribution in [2.24, 2.45) is 0 Å². The predicted octanol–water partition coefficient (Wildman–Crippen LogP) is -0.639. The lowest BCUT2D eigenvalue weighted by atomic mass is 10.2. The van der Waals surface area contributed by atoms with Crippen molar-refractivity contribution in [3.05, 3.63) is 0 Å². The molecule has 0 atom stereocenters. The Morgan fingerprint density at radius 2 is 1.80 bits per heavy atom. The summed E-state index contributed by atoms with van der Waals surface area (Å²) in [6, 6.07) is 0.664. The van der Waals surface area contributed by atoms with Gasteiger partial charge in [0.15, 0.2) is 0 Å². The Hall–Kier alpha value is -1.14. The predicted molar refractivity (Wildman–Crippen MR) is 77.4 cm³/mol. The third-order valence-corrected chi connectivity index (χ3v) is 3.93. The van der Waals surface area contributed by atoms with Crippen molar-refractivity contribution in [3.63, 3.8) is 0 Å². The van der Waals surface area contributed by atoms with Gasteiger partial charge in [-0.05, 0) is 12.8 Å². The summed E-state index contributed by atoms with van der Waals surface area (Å²) in [4.78, 5) is 29.3. The van der Waals surface area contributed by atoms with Crippen LogP contribution in [-0.2, 0) is 9.59 Å². The van der Waals surface area contributed by atoms with Gasteiger partial charge in [0, 0.05) is 59.3 Å². The van der Waals surface area contributed by atoms with Crippen molar-refractivity contribution in [1.82, 2.24) is 20.0 Å². The number of nitrogens with zero attached hydrogens (tertiary/aromatic N) is 3. The SMILES string of the molecule is CN(C)C(=O)CN1CCN(C(=O)CCNC2CC2)CC1. The van der Waals surface area contributed by atoms with E-state index in [4.69, 9.17) is 0 Å². The Balaban J connectivity index is 1.62. The molecule has 0 aromatic rings. The molecule has 1 aliphatic heterocycles. The molecule has 2 rings (SSSR count). The average molecular weight is 282 g/mol. The van der Waals surface area contributed by atoms with Crippen LogP contribution in [-0.4, -0.2) is 85.9 Å². The van der Waals surface area contributed by atoms with Gasteiger partial charge in [0.1, 0.15) is 0 Å². The van der Waals surface area contributed by atoms with Gasteiger partial charge in [0.05, 0.1) is 6.54 Å². The second-order valence-electron chi connectivity index (χ2n) is 5.92. The monoisotopic (exact) mass is 282 g/mol. The summed E-state index contributed by atoms with van der Waals surface area (Å²) in [6.07, 6.45) is 3.10. The maximum atomic E-state index is 12.0. The van der Waals surface area contributed by atoms with Gasteiger partial charge in [0.2, 0.25) is 11.8 Å². The first-order valence-electron chi connectivity index (χ1n) is 7.50. The molecule has 114 valence electrons. The molecule has 20 heavy (non-hydrogen) atoms. The largest absolute Gasteiger partial charge is 0.348 e. The zero-order valence-electron chi connectivity index (χ0n) is 12.6. The van der Waals surface area contributed by atoms with Crippen LogP contribution in [0.25, 0.3) is 0 Å². The third-order valence-electron chi connectivity index (χ3n) is 3.93. The molecule has 1 saturated carbocycles. The van der Waals surface area contributed by atoms with Crippen molar-refractivity contribution in [3.8, 4) is 0 Å². The van der Waals surface area contributed by atoms with Crippen molar-refractivity contribution in [1.29, 1.82) is 0 Å². The lowest BCUT2D eigenvalue weighted by Gasteiger charge is -2.34. The van der Waals surface area contributed by atoms with Gasteiger partial charge in [-0.25, -0.2) is 0 Å². The number of nitrogens with one attached hydrogen (secondary N) is 1. The molecule has 1 saturated heterocycles. The molecule has 2 amide bonds. The minimum Gasteiger partial charge on any atom is -0.348 e. The number of rotatable bonds is 6. The van der Waals surface area contributed by atoms with Crippen LogP contribution in [0.2, 0.25) is 0 Å². The zero-order valence-corrected chi connectivity index (χ0v) is 12.6. The molecule has 1 heterocycles. The molecule has 2 aliphatic rings. The molecule has 0 aromatic heterocycles. The van der Waals surface area contributed by atoms with E-state index in [0.29, 0.717) is 19.0 Å². The molecule has 1 aliphatic carbocycles. The highest BCUT2D eigenvalue weighted by molar-refractivity contribution is 5.78. The summed E-state index contributed by atoms with van der Waals surface area (Å²) < 4.78 is 0. The fourth-order valence-electron chi connectivity index (χ4n) is 2.32. The smallest absolute Gasteiger partial charge is 0.236 e. The molecule has 6 heteroatoms. The van der Waals surface area contributed by atoms with Crippen LogP contribution in [0.3, 0.4) is 0 Å². The quantitative estimate of drug-likeness (QED) is 0.704. The Labute approximate surface area is 121 Å². The molecule has 1 N–H and O–H groups in total. The first kappa shape index (κ1) is 15.3. The normalized spacial score (nSPS) is 20.0. The standard InChI is InChI=1S/C14H26N4O2/c1-16(2)14(20)11-17-7-9-18(10-8-17)13(19)5-6-15-12-3-4-12/h12,15H,3-11H2,1-2H3. The molecule has 0 unspecified atom stereocenters. The first-order valence-corrected chi connectivity index (χ1v) is 7.50. The molecule has 0 spiro atoms. The van der Waals surface area contributed by atoms with E-state index in [1.54, 1.807) is 19.0 Å². The lowest BCUT2D eigenvalue weighted by molar-refractivity contribution is -0.134. The second kappa shape index (κ2) is 7.04. The molecule has 0 bridgehead atoms. The van der Waals surface area contributed by atoms with Crippen LogP contribution in [0.4, 0.5) is 0 Å². The van der Waals surface area contributed by atoms with E-state index < -0.39 is 0 Å². The zero-order chi connectivity index (χ0) is 14.5. The molecule has 2 fully saturated rings. The number of hydrogen-bond acceptors (Lipinski definition) is 4. The number of carbonyl (C=O) groups excluding carboxylic acids is 2. The molecular formula is C14H26N4O2. The summed E-state index contributed by atoms with van der Waals surface area (Å²) in [7, 11) is 3.55. The maximum Gasteiger partial charge on any atom is 0.236 e. The lowest BCUT2D eigenvalue weighted by Crippen LogP contribution is -2.51. The van der Waals surface area contributed by atoms with Crippen LogP contribution in [0.15, 0.2) is 0 Å². The average Bonchev–Trinajstić information content (AvgIpc) is 3.23. The fraction of sp³-hybridized carbons (Fsp3) is 0.857. The summed E-state index contributed by atoms with van der Waals surface area (Å²) >= 11 is 0. The number of likely N-dealkylation sites (N-methyl/N-ethyl adjacent to an activating group) is 1. The Morgan fingerprint density at radius 3 is 2.35 bits per heavy atom. The number of piperazine rings is 1. The summed E-state index contributed by atoms with van der Waals surface area (Å²) in [5.41, 5.74) is 0. The second-order valence-corrected chi connectivity index (χ2v) is 5.92. The van der Waals surface area contributed by atoms with E-state index in [1.165, 1.54) is 12.8 Å². The third kappa shape index (κ3) is 4.76. The van der Waals surface area contributed by atoms with Gasteiger partial charge in [0.25, 0.3) is 0 Å². The van der Waals surface area contributed by atoms with Gasteiger partial charge in [-0.2, -0.15) is 0 Å². The molecular weight excluding hydrogens is 256 g/mol. The fourth-order valence-corrected chi connectivity index (χ4v) is 2.32. The van der Waals surface area contributed by atoms with E-state index in [-0.39, 0.29) is 11.8 Å². The van der Waals surface area contributed by atoms with Crippen molar-refractivity contribution in [2.45, 2.75) is 25.3 Å². The summed E-state index contributed by atoms with van der Waals surface area (Å²) in [5.74, 6) is 0.357. The van der Waals surface area contributed by atoms with Crippen LogP contribution in [0.1, 0.15) is 19.3 Å². The molecule has 6 nitrogen and oxygen atoms in total. The number of amides is 2. The van der Waals surface area contributed by atoms with Gasteiger partial charge >= 0.3 is 0 Å². The highest BCUT2D eigenvalue weighted by Gasteiger charge is 2.24. The highest BCUT2D eigenvalue weighted by Crippen LogP contribution is 2.18. The van der Waals surface area contributed by atoms with Gasteiger partial charge in [-0.3, -0.25) is 14.5 Å². The minimum absolute atomic E-state index is 0.124. The van der Waals surface area contributed by atoms with Crippen molar-refractivity contribution < 1.29 is 9.59 Å². The van der Waals surface area contributed by atoms with E-state index in [2.05, 4.69) is 10.2 Å². The van der Waals surface area contributed by atoms with E-state index >= 15 is 0 Å². The Bertz CT molecular complexity index is 347. The van der Waals surface area contributed by atoms with Crippen LogP contribution < -0.4 is 5.32 Å². The minimum atomic E-state index is 0.124. The highest BCUT2D eigenvalue weighted by atomic mass is 16.2. The van der Waals surface area contributed by atoms with E-state index in [9.17, 15) is 9.59 Å². The van der Waals surface area contributed by atoms with E-state index in [0.717, 1.165) is 32.7 Å². The first-order chi connectivity index (χ1) is 9.56. The molecule has 0 radical (unpaired) electrons. The Morgan fingerprint density at radius 1 is 1.15 bits per heavy atom. The summed E-state index contributed by atoms with van der Waals surface area (Å²) in [5, 5.41) is 3.37. The van der Waals surface area contributed by atoms with Gasteiger partial charge in [-0.1, -0.05) is 0 Å². The maximum absolute atomic E-state index is 12.0. The number of carbonyl (C=O) groups is 2. The molecule has 0 aromatic carbocycles. The van der Waals surface area contributed by atoms with Gasteiger partial charge < -0.3 is 15.1 Å². The van der Waals surface area contributed by atoms with E-state index in [1.807, 2.05) is 4.90 Å². The van der Waals surface area contributed by atoms with Crippen molar-refractivity contribution in [2.75, 3.05) is 53.4 Å².